The van der Waals surface area contributed by atoms with E-state index in [2.05, 4.69) is 5.16 Å². The minimum Gasteiger partial charge on any atom is -0.444 e. The van der Waals surface area contributed by atoms with Gasteiger partial charge in [0, 0.05) is 26.2 Å². The maximum absolute atomic E-state index is 12.0. The highest BCUT2D eigenvalue weighted by Gasteiger charge is 2.28. The van der Waals surface area contributed by atoms with E-state index in [-0.39, 0.29) is 11.9 Å². The number of piperazine rings is 1. The zero-order valence-corrected chi connectivity index (χ0v) is 12.9. The highest BCUT2D eigenvalue weighted by Crippen LogP contribution is 2.21. The van der Waals surface area contributed by atoms with Crippen LogP contribution in [-0.2, 0) is 4.74 Å². The molecule has 1 aromatic heterocycles. The van der Waals surface area contributed by atoms with Gasteiger partial charge >= 0.3 is 6.09 Å². The molecule has 1 fully saturated rings. The third-order valence-corrected chi connectivity index (χ3v) is 3.16. The Morgan fingerprint density at radius 3 is 2.38 bits per heavy atom. The summed E-state index contributed by atoms with van der Waals surface area (Å²) in [5.41, 5.74) is -0.0250. The topological polar surface area (TPSA) is 75.9 Å². The number of Topliss-reactive ketones (excluding diaryl/α,β-unsaturated/α-hetero) is 1. The Hall–Kier alpha value is -2.05. The molecule has 7 heteroatoms. The van der Waals surface area contributed by atoms with E-state index in [1.165, 1.54) is 13.2 Å². The van der Waals surface area contributed by atoms with E-state index >= 15 is 0 Å². The van der Waals surface area contributed by atoms with E-state index in [0.717, 1.165) is 0 Å². The van der Waals surface area contributed by atoms with Crippen LogP contribution in [0.1, 0.15) is 38.1 Å². The van der Waals surface area contributed by atoms with Gasteiger partial charge in [0.15, 0.2) is 11.6 Å². The van der Waals surface area contributed by atoms with Crippen LogP contribution in [0.4, 0.5) is 10.6 Å². The molecule has 1 amide bonds. The van der Waals surface area contributed by atoms with Crippen LogP contribution < -0.4 is 4.90 Å². The van der Waals surface area contributed by atoms with Crippen molar-refractivity contribution in [2.45, 2.75) is 33.3 Å². The molecule has 21 heavy (non-hydrogen) atoms. The average molecular weight is 295 g/mol. The van der Waals surface area contributed by atoms with Crippen LogP contribution in [0.2, 0.25) is 0 Å². The summed E-state index contributed by atoms with van der Waals surface area (Å²) < 4.78 is 10.2. The lowest BCUT2D eigenvalue weighted by Crippen LogP contribution is -2.50. The second-order valence-electron chi connectivity index (χ2n) is 6.06. The fourth-order valence-corrected chi connectivity index (χ4v) is 2.13. The van der Waals surface area contributed by atoms with Gasteiger partial charge < -0.3 is 19.1 Å². The van der Waals surface area contributed by atoms with Gasteiger partial charge in [-0.3, -0.25) is 4.79 Å². The Morgan fingerprint density at radius 2 is 1.86 bits per heavy atom. The first kappa shape index (κ1) is 15.3. The van der Waals surface area contributed by atoms with Crippen LogP contribution in [-0.4, -0.2) is 53.7 Å². The van der Waals surface area contributed by atoms with Gasteiger partial charge in [-0.05, 0) is 27.7 Å². The van der Waals surface area contributed by atoms with Crippen molar-refractivity contribution in [1.82, 2.24) is 10.1 Å². The van der Waals surface area contributed by atoms with Crippen molar-refractivity contribution in [2.75, 3.05) is 31.1 Å². The van der Waals surface area contributed by atoms with E-state index in [1.807, 2.05) is 25.7 Å². The number of ether oxygens (including phenoxy) is 1. The standard InChI is InChI=1S/C14H21N3O4/c1-10(18)11-9-20-15-12(11)16-5-7-17(8-6-16)13(19)21-14(2,3)4/h9H,5-8H2,1-4H3. The molecule has 1 aromatic rings. The SMILES string of the molecule is CC(=O)c1conc1N1CCN(C(=O)OC(C)(C)C)CC1. The molecule has 1 aliphatic rings. The summed E-state index contributed by atoms with van der Waals surface area (Å²) in [5, 5.41) is 3.89. The zero-order valence-electron chi connectivity index (χ0n) is 12.9. The van der Waals surface area contributed by atoms with Crippen molar-refractivity contribution in [3.05, 3.63) is 11.8 Å². The van der Waals surface area contributed by atoms with Crippen LogP contribution in [0.5, 0.6) is 0 Å². The summed E-state index contributed by atoms with van der Waals surface area (Å²) in [7, 11) is 0. The predicted molar refractivity (Wildman–Crippen MR) is 76.5 cm³/mol. The highest BCUT2D eigenvalue weighted by molar-refractivity contribution is 5.98. The van der Waals surface area contributed by atoms with E-state index < -0.39 is 5.60 Å². The molecule has 0 saturated carbocycles. The first-order chi connectivity index (χ1) is 9.78. The molecule has 0 radical (unpaired) electrons. The summed E-state index contributed by atoms with van der Waals surface area (Å²) in [4.78, 5) is 27.1. The van der Waals surface area contributed by atoms with Gasteiger partial charge in [0.1, 0.15) is 17.4 Å². The molecule has 2 rings (SSSR count). The molecule has 1 aliphatic heterocycles. The van der Waals surface area contributed by atoms with Gasteiger partial charge in [0.05, 0.1) is 0 Å². The number of rotatable bonds is 2. The van der Waals surface area contributed by atoms with Crippen molar-refractivity contribution in [1.29, 1.82) is 0 Å². The molecule has 0 N–H and O–H groups in total. The Morgan fingerprint density at radius 1 is 1.24 bits per heavy atom. The summed E-state index contributed by atoms with van der Waals surface area (Å²) >= 11 is 0. The van der Waals surface area contributed by atoms with Gasteiger partial charge in [-0.15, -0.1) is 0 Å². The van der Waals surface area contributed by atoms with Crippen molar-refractivity contribution in [3.63, 3.8) is 0 Å². The fourth-order valence-electron chi connectivity index (χ4n) is 2.13. The molecule has 0 bridgehead atoms. The molecule has 0 atom stereocenters. The molecule has 1 saturated heterocycles. The van der Waals surface area contributed by atoms with E-state index in [1.54, 1.807) is 4.90 Å². The van der Waals surface area contributed by atoms with Crippen LogP contribution in [0, 0.1) is 0 Å². The van der Waals surface area contributed by atoms with Crippen LogP contribution in [0.3, 0.4) is 0 Å². The number of ketones is 1. The average Bonchev–Trinajstić information content (AvgIpc) is 2.86. The number of nitrogens with zero attached hydrogens (tertiary/aromatic N) is 3. The third-order valence-electron chi connectivity index (χ3n) is 3.16. The molecular formula is C14H21N3O4. The van der Waals surface area contributed by atoms with Gasteiger partial charge in [0.2, 0.25) is 0 Å². The zero-order chi connectivity index (χ0) is 15.6. The molecule has 2 heterocycles. The maximum Gasteiger partial charge on any atom is 0.410 e. The van der Waals surface area contributed by atoms with Crippen LogP contribution in [0.25, 0.3) is 0 Å². The Kier molecular flexibility index (Phi) is 4.20. The lowest BCUT2D eigenvalue weighted by atomic mass is 10.2. The molecule has 7 nitrogen and oxygen atoms in total. The quantitative estimate of drug-likeness (QED) is 0.776. The van der Waals surface area contributed by atoms with Crippen molar-refractivity contribution in [3.8, 4) is 0 Å². The molecule has 0 aromatic carbocycles. The summed E-state index contributed by atoms with van der Waals surface area (Å²) in [6.45, 7) is 9.24. The highest BCUT2D eigenvalue weighted by atomic mass is 16.6. The normalized spacial score (nSPS) is 16.0. The van der Waals surface area contributed by atoms with E-state index in [4.69, 9.17) is 9.26 Å². The molecule has 0 aliphatic carbocycles. The van der Waals surface area contributed by atoms with E-state index in [0.29, 0.717) is 37.6 Å². The van der Waals surface area contributed by atoms with Gasteiger partial charge in [-0.1, -0.05) is 5.16 Å². The van der Waals surface area contributed by atoms with Crippen molar-refractivity contribution >= 4 is 17.7 Å². The molecule has 116 valence electrons. The minimum absolute atomic E-state index is 0.0826. The Labute approximate surface area is 123 Å². The van der Waals surface area contributed by atoms with Crippen LogP contribution >= 0.6 is 0 Å². The predicted octanol–water partition coefficient (Wildman–Crippen LogP) is 1.93. The molecule has 0 unspecified atom stereocenters. The largest absolute Gasteiger partial charge is 0.444 e. The van der Waals surface area contributed by atoms with Gasteiger partial charge in [-0.25, -0.2) is 4.79 Å². The summed E-state index contributed by atoms with van der Waals surface area (Å²) in [6.07, 6.45) is 1.05. The first-order valence-corrected chi connectivity index (χ1v) is 6.96. The number of hydrogen-bond donors (Lipinski definition) is 0. The molecule has 0 spiro atoms. The molecular weight excluding hydrogens is 274 g/mol. The Bertz CT molecular complexity index is 525. The number of hydrogen-bond acceptors (Lipinski definition) is 6. The smallest absolute Gasteiger partial charge is 0.410 e. The van der Waals surface area contributed by atoms with E-state index in [9.17, 15) is 9.59 Å². The summed E-state index contributed by atoms with van der Waals surface area (Å²) in [5.74, 6) is 0.465. The first-order valence-electron chi connectivity index (χ1n) is 6.96. The number of amides is 1. The number of carbonyl (C=O) groups is 2. The van der Waals surface area contributed by atoms with Gasteiger partial charge in [0.25, 0.3) is 0 Å². The lowest BCUT2D eigenvalue weighted by molar-refractivity contribution is 0.0240. The minimum atomic E-state index is -0.498. The number of carbonyl (C=O) groups excluding carboxylic acids is 2. The number of anilines is 1. The second kappa shape index (κ2) is 5.75. The monoisotopic (exact) mass is 295 g/mol. The van der Waals surface area contributed by atoms with Crippen molar-refractivity contribution in [2.24, 2.45) is 0 Å². The number of aromatic nitrogens is 1. The Balaban J connectivity index is 1.96. The second-order valence-corrected chi connectivity index (χ2v) is 6.06. The van der Waals surface area contributed by atoms with Gasteiger partial charge in [-0.2, -0.15) is 0 Å². The van der Waals surface area contributed by atoms with Crippen molar-refractivity contribution < 1.29 is 18.8 Å². The third kappa shape index (κ3) is 3.74. The summed E-state index contributed by atoms with van der Waals surface area (Å²) in [6, 6.07) is 0. The fraction of sp³-hybridized carbons (Fsp3) is 0.643. The van der Waals surface area contributed by atoms with Crippen LogP contribution in [0.15, 0.2) is 10.8 Å². The lowest BCUT2D eigenvalue weighted by Gasteiger charge is -2.35. The maximum atomic E-state index is 12.0.